The molecular weight excluding hydrogens is 302 g/mol. The van der Waals surface area contributed by atoms with Crippen molar-refractivity contribution in [1.82, 2.24) is 19.9 Å². The van der Waals surface area contributed by atoms with Gasteiger partial charge in [-0.3, -0.25) is 4.98 Å². The first kappa shape index (κ1) is 15.1. The summed E-state index contributed by atoms with van der Waals surface area (Å²) in [6.45, 7) is 2.65. The maximum Gasteiger partial charge on any atom is 0.322 e. The lowest BCUT2D eigenvalue weighted by Crippen LogP contribution is -2.34. The summed E-state index contributed by atoms with van der Waals surface area (Å²) in [6, 6.07) is 4.02. The Morgan fingerprint density at radius 2 is 2.04 bits per heavy atom. The predicted octanol–water partition coefficient (Wildman–Crippen LogP) is 3.43. The Balaban J connectivity index is 1.54. The highest BCUT2D eigenvalue weighted by Gasteiger charge is 2.32. The molecule has 0 radical (unpaired) electrons. The van der Waals surface area contributed by atoms with Gasteiger partial charge in [0, 0.05) is 24.9 Å². The summed E-state index contributed by atoms with van der Waals surface area (Å²) in [5, 5.41) is 3.05. The van der Waals surface area contributed by atoms with Crippen molar-refractivity contribution < 1.29 is 4.79 Å². The van der Waals surface area contributed by atoms with Crippen LogP contribution in [0.1, 0.15) is 54.7 Å². The molecule has 1 N–H and O–H groups in total. The quantitative estimate of drug-likeness (QED) is 0.939. The molecule has 1 atom stereocenters. The lowest BCUT2D eigenvalue weighted by Gasteiger charge is -2.25. The summed E-state index contributed by atoms with van der Waals surface area (Å²) in [7, 11) is 0. The molecule has 6 nitrogen and oxygen atoms in total. The van der Waals surface area contributed by atoms with Gasteiger partial charge in [-0.1, -0.05) is 0 Å². The number of carbonyl (C=O) groups excluding carboxylic acids is 1. The molecular formula is C18H21N5O. The van der Waals surface area contributed by atoms with Crippen LogP contribution >= 0.6 is 0 Å². The van der Waals surface area contributed by atoms with Crippen molar-refractivity contribution in [2.45, 2.75) is 44.6 Å². The third-order valence-electron chi connectivity index (χ3n) is 4.75. The highest BCUT2D eigenvalue weighted by molar-refractivity contribution is 5.90. The van der Waals surface area contributed by atoms with E-state index in [4.69, 9.17) is 0 Å². The van der Waals surface area contributed by atoms with Gasteiger partial charge in [0.15, 0.2) is 0 Å². The second kappa shape index (κ2) is 6.19. The molecule has 0 spiro atoms. The first-order chi connectivity index (χ1) is 11.7. The fourth-order valence-electron chi connectivity index (χ4n) is 3.38. The highest BCUT2D eigenvalue weighted by Crippen LogP contribution is 2.42. The number of hydrogen-bond acceptors (Lipinski definition) is 4. The van der Waals surface area contributed by atoms with Crippen LogP contribution in [0, 0.1) is 6.92 Å². The molecule has 2 amide bonds. The summed E-state index contributed by atoms with van der Waals surface area (Å²) in [4.78, 5) is 27.6. The van der Waals surface area contributed by atoms with Crippen molar-refractivity contribution in [3.05, 3.63) is 47.8 Å². The monoisotopic (exact) mass is 323 g/mol. The second-order valence-corrected chi connectivity index (χ2v) is 6.55. The molecule has 2 fully saturated rings. The number of hydrogen-bond donors (Lipinski definition) is 1. The van der Waals surface area contributed by atoms with E-state index < -0.39 is 0 Å². The zero-order valence-electron chi connectivity index (χ0n) is 13.8. The third-order valence-corrected chi connectivity index (χ3v) is 4.75. The molecule has 3 heterocycles. The maximum atomic E-state index is 12.8. The van der Waals surface area contributed by atoms with E-state index in [1.165, 1.54) is 0 Å². The number of anilines is 1. The van der Waals surface area contributed by atoms with E-state index in [-0.39, 0.29) is 12.1 Å². The average Bonchev–Trinajstić information content (AvgIpc) is 3.33. The highest BCUT2D eigenvalue weighted by atomic mass is 16.2. The van der Waals surface area contributed by atoms with Crippen LogP contribution in [-0.2, 0) is 0 Å². The predicted molar refractivity (Wildman–Crippen MR) is 90.7 cm³/mol. The first-order valence-corrected chi connectivity index (χ1v) is 8.53. The number of amides is 2. The molecule has 2 aromatic rings. The summed E-state index contributed by atoms with van der Waals surface area (Å²) in [5.41, 5.74) is 2.88. The van der Waals surface area contributed by atoms with Gasteiger partial charge in [0.05, 0.1) is 23.6 Å². The molecule has 0 bridgehead atoms. The number of urea groups is 1. The molecule has 6 heteroatoms. The molecule has 1 saturated heterocycles. The van der Waals surface area contributed by atoms with Gasteiger partial charge in [0.1, 0.15) is 5.82 Å². The normalized spacial score (nSPS) is 20.2. The van der Waals surface area contributed by atoms with Crippen molar-refractivity contribution >= 4 is 11.7 Å². The van der Waals surface area contributed by atoms with Crippen molar-refractivity contribution in [2.24, 2.45) is 0 Å². The SMILES string of the molecule is Cc1ncc(NC(=O)N2CCC[C@H]2c2ccncc2)c(C2CC2)n1. The van der Waals surface area contributed by atoms with Crippen molar-refractivity contribution in [3.63, 3.8) is 0 Å². The van der Waals surface area contributed by atoms with E-state index in [0.29, 0.717) is 5.92 Å². The maximum absolute atomic E-state index is 12.8. The number of nitrogens with one attached hydrogen (secondary N) is 1. The van der Waals surface area contributed by atoms with Crippen molar-refractivity contribution in [3.8, 4) is 0 Å². The minimum atomic E-state index is -0.0661. The largest absolute Gasteiger partial charge is 0.322 e. The van der Waals surface area contributed by atoms with Crippen LogP contribution in [0.2, 0.25) is 0 Å². The van der Waals surface area contributed by atoms with Gasteiger partial charge in [0.25, 0.3) is 0 Å². The number of rotatable bonds is 3. The zero-order valence-corrected chi connectivity index (χ0v) is 13.8. The van der Waals surface area contributed by atoms with Crippen LogP contribution in [0.3, 0.4) is 0 Å². The number of pyridine rings is 1. The van der Waals surface area contributed by atoms with Gasteiger partial charge in [-0.05, 0) is 50.3 Å². The number of nitrogens with zero attached hydrogens (tertiary/aromatic N) is 4. The molecule has 0 aromatic carbocycles. The minimum absolute atomic E-state index is 0.0661. The molecule has 1 aliphatic heterocycles. The van der Waals surface area contributed by atoms with Crippen LogP contribution < -0.4 is 5.32 Å². The molecule has 0 unspecified atom stereocenters. The topological polar surface area (TPSA) is 71.0 Å². The van der Waals surface area contributed by atoms with Crippen molar-refractivity contribution in [1.29, 1.82) is 0 Å². The van der Waals surface area contributed by atoms with E-state index in [1.807, 2.05) is 24.0 Å². The molecule has 1 saturated carbocycles. The van der Waals surface area contributed by atoms with Gasteiger partial charge < -0.3 is 10.2 Å². The standard InChI is InChI=1S/C18H21N5O/c1-12-20-11-15(17(21-12)14-4-5-14)22-18(24)23-10-2-3-16(23)13-6-8-19-9-7-13/h6-9,11,14,16H,2-5,10H2,1H3,(H,22,24)/t16-/m0/s1. The van der Waals surface area contributed by atoms with Gasteiger partial charge in [-0.2, -0.15) is 0 Å². The van der Waals surface area contributed by atoms with Gasteiger partial charge in [0.2, 0.25) is 0 Å². The van der Waals surface area contributed by atoms with Crippen LogP contribution in [0.25, 0.3) is 0 Å². The number of carbonyl (C=O) groups is 1. The Bertz CT molecular complexity index is 744. The van der Waals surface area contributed by atoms with Crippen LogP contribution in [0.5, 0.6) is 0 Å². The molecule has 124 valence electrons. The van der Waals surface area contributed by atoms with E-state index in [2.05, 4.69) is 20.3 Å². The summed E-state index contributed by atoms with van der Waals surface area (Å²) in [6.07, 6.45) is 9.58. The number of aromatic nitrogens is 3. The third kappa shape index (κ3) is 2.96. The Labute approximate surface area is 141 Å². The fourth-order valence-corrected chi connectivity index (χ4v) is 3.38. The molecule has 2 aromatic heterocycles. The Hall–Kier alpha value is -2.50. The van der Waals surface area contributed by atoms with E-state index in [0.717, 1.165) is 55.0 Å². The van der Waals surface area contributed by atoms with Gasteiger partial charge in [-0.25, -0.2) is 14.8 Å². The van der Waals surface area contributed by atoms with E-state index >= 15 is 0 Å². The summed E-state index contributed by atoms with van der Waals surface area (Å²) < 4.78 is 0. The molecule has 4 rings (SSSR count). The van der Waals surface area contributed by atoms with E-state index in [9.17, 15) is 4.79 Å². The summed E-state index contributed by atoms with van der Waals surface area (Å²) >= 11 is 0. The minimum Gasteiger partial charge on any atom is -0.317 e. The molecule has 1 aliphatic carbocycles. The molecule has 24 heavy (non-hydrogen) atoms. The average molecular weight is 323 g/mol. The van der Waals surface area contributed by atoms with Gasteiger partial charge in [-0.15, -0.1) is 0 Å². The fraction of sp³-hybridized carbons (Fsp3) is 0.444. The van der Waals surface area contributed by atoms with E-state index in [1.54, 1.807) is 18.6 Å². The Kier molecular flexibility index (Phi) is 3.88. The summed E-state index contributed by atoms with van der Waals surface area (Å²) in [5.74, 6) is 1.22. The first-order valence-electron chi connectivity index (χ1n) is 8.53. The zero-order chi connectivity index (χ0) is 16.5. The molecule has 2 aliphatic rings. The Morgan fingerprint density at radius 3 is 2.79 bits per heavy atom. The van der Waals surface area contributed by atoms with Crippen LogP contribution in [0.4, 0.5) is 10.5 Å². The van der Waals surface area contributed by atoms with Crippen molar-refractivity contribution in [2.75, 3.05) is 11.9 Å². The van der Waals surface area contributed by atoms with Gasteiger partial charge >= 0.3 is 6.03 Å². The second-order valence-electron chi connectivity index (χ2n) is 6.55. The van der Waals surface area contributed by atoms with Crippen LogP contribution in [-0.4, -0.2) is 32.4 Å². The number of likely N-dealkylation sites (tertiary alicyclic amines) is 1. The number of aryl methyl sites for hydroxylation is 1. The Morgan fingerprint density at radius 1 is 1.25 bits per heavy atom. The lowest BCUT2D eigenvalue weighted by atomic mass is 10.1. The van der Waals surface area contributed by atoms with Crippen LogP contribution in [0.15, 0.2) is 30.7 Å². The smallest absolute Gasteiger partial charge is 0.317 e. The lowest BCUT2D eigenvalue weighted by molar-refractivity contribution is 0.207.